The van der Waals surface area contributed by atoms with Crippen LogP contribution in [0.2, 0.25) is 0 Å². The van der Waals surface area contributed by atoms with Gasteiger partial charge in [-0.2, -0.15) is 0 Å². The van der Waals surface area contributed by atoms with Crippen LogP contribution in [0.5, 0.6) is 0 Å². The predicted molar refractivity (Wildman–Crippen MR) is 60.8 cm³/mol. The van der Waals surface area contributed by atoms with E-state index >= 15 is 0 Å². The maximum absolute atomic E-state index is 13.0. The maximum Gasteiger partial charge on any atom is 0.416 e. The lowest BCUT2D eigenvalue weighted by atomic mass is 10.2. The number of pyridine rings is 1. The highest BCUT2D eigenvalue weighted by Crippen LogP contribution is 2.24. The first-order valence-electron chi connectivity index (χ1n) is 4.87. The minimum absolute atomic E-state index is 0.170. The van der Waals surface area contributed by atoms with Crippen molar-refractivity contribution in [2.24, 2.45) is 0 Å². The molecule has 0 saturated carbocycles. The van der Waals surface area contributed by atoms with Crippen LogP contribution in [-0.4, -0.2) is 16.2 Å². The molecule has 5 heteroatoms. The van der Waals surface area contributed by atoms with Crippen molar-refractivity contribution in [3.63, 3.8) is 0 Å². The zero-order valence-electron chi connectivity index (χ0n) is 8.75. The lowest BCUT2D eigenvalue weighted by Crippen LogP contribution is -2.23. The van der Waals surface area contributed by atoms with E-state index in [-0.39, 0.29) is 5.69 Å². The van der Waals surface area contributed by atoms with E-state index in [9.17, 15) is 9.18 Å². The molecule has 0 fully saturated rings. The smallest absolute Gasteiger partial charge is 0.416 e. The van der Waals surface area contributed by atoms with Crippen molar-refractivity contribution in [1.82, 2.24) is 4.98 Å². The Kier molecular flexibility index (Phi) is 3.00. The Bertz CT molecular complexity index is 531. The summed E-state index contributed by atoms with van der Waals surface area (Å²) in [6.07, 6.45) is 1.13. The van der Waals surface area contributed by atoms with Crippen LogP contribution >= 0.6 is 0 Å². The molecule has 0 unspecified atom stereocenters. The Hall–Kier alpha value is -2.43. The number of anilines is 2. The number of nitrogens with zero attached hydrogens (tertiary/aromatic N) is 2. The van der Waals surface area contributed by atoms with Crippen LogP contribution in [0.4, 0.5) is 20.6 Å². The van der Waals surface area contributed by atoms with E-state index in [0.717, 1.165) is 17.2 Å². The van der Waals surface area contributed by atoms with Gasteiger partial charge in [0, 0.05) is 6.07 Å². The van der Waals surface area contributed by atoms with Crippen molar-refractivity contribution in [3.05, 3.63) is 54.6 Å². The van der Waals surface area contributed by atoms with E-state index in [4.69, 9.17) is 5.11 Å². The van der Waals surface area contributed by atoms with E-state index in [0.29, 0.717) is 5.69 Å². The van der Waals surface area contributed by atoms with Crippen molar-refractivity contribution < 1.29 is 14.3 Å². The molecule has 0 aliphatic heterocycles. The number of carbonyl (C=O) groups is 1. The molecule has 0 atom stereocenters. The number of aromatic nitrogens is 1. The van der Waals surface area contributed by atoms with Crippen molar-refractivity contribution in [2.75, 3.05) is 4.90 Å². The Balaban J connectivity index is 2.47. The SMILES string of the molecule is O=C(O)N(c1ccccc1)c1cncc(F)c1. The van der Waals surface area contributed by atoms with Gasteiger partial charge < -0.3 is 5.11 Å². The third-order valence-corrected chi connectivity index (χ3v) is 2.15. The fraction of sp³-hybridized carbons (Fsp3) is 0. The van der Waals surface area contributed by atoms with Crippen LogP contribution < -0.4 is 4.90 Å². The summed E-state index contributed by atoms with van der Waals surface area (Å²) in [4.78, 5) is 15.8. The molecular formula is C12H9FN2O2. The molecule has 1 amide bonds. The second-order valence-electron chi connectivity index (χ2n) is 3.31. The molecule has 0 bridgehead atoms. The summed E-state index contributed by atoms with van der Waals surface area (Å²) in [5.74, 6) is -0.579. The van der Waals surface area contributed by atoms with E-state index in [1.807, 2.05) is 0 Å². The minimum atomic E-state index is -1.19. The molecule has 86 valence electrons. The molecule has 4 nitrogen and oxygen atoms in total. The number of amides is 1. The van der Waals surface area contributed by atoms with E-state index < -0.39 is 11.9 Å². The van der Waals surface area contributed by atoms with E-state index in [2.05, 4.69) is 4.98 Å². The van der Waals surface area contributed by atoms with Crippen LogP contribution in [0.25, 0.3) is 0 Å². The Morgan fingerprint density at radius 1 is 1.18 bits per heavy atom. The molecule has 0 aliphatic carbocycles. The number of benzene rings is 1. The normalized spacial score (nSPS) is 9.94. The molecule has 2 rings (SSSR count). The predicted octanol–water partition coefficient (Wildman–Crippen LogP) is 3.04. The fourth-order valence-electron chi connectivity index (χ4n) is 1.47. The summed E-state index contributed by atoms with van der Waals surface area (Å²) in [6, 6.07) is 9.55. The third-order valence-electron chi connectivity index (χ3n) is 2.15. The lowest BCUT2D eigenvalue weighted by molar-refractivity contribution is 0.205. The molecule has 1 aromatic carbocycles. The molecular weight excluding hydrogens is 223 g/mol. The Morgan fingerprint density at radius 2 is 1.88 bits per heavy atom. The van der Waals surface area contributed by atoms with Gasteiger partial charge in [-0.1, -0.05) is 18.2 Å². The highest BCUT2D eigenvalue weighted by Gasteiger charge is 2.17. The van der Waals surface area contributed by atoms with Crippen LogP contribution in [0, 0.1) is 5.82 Å². The second-order valence-corrected chi connectivity index (χ2v) is 3.31. The Morgan fingerprint density at radius 3 is 2.47 bits per heavy atom. The van der Waals surface area contributed by atoms with Gasteiger partial charge in [-0.25, -0.2) is 14.1 Å². The van der Waals surface area contributed by atoms with E-state index in [1.54, 1.807) is 30.3 Å². The standard InChI is InChI=1S/C12H9FN2O2/c13-9-6-11(8-14-7-9)15(12(16)17)10-4-2-1-3-5-10/h1-8H,(H,16,17). The number of para-hydroxylation sites is 1. The summed E-state index contributed by atoms with van der Waals surface area (Å²) < 4.78 is 13.0. The lowest BCUT2D eigenvalue weighted by Gasteiger charge is -2.18. The second kappa shape index (κ2) is 4.61. The van der Waals surface area contributed by atoms with Gasteiger partial charge in [-0.05, 0) is 12.1 Å². The Labute approximate surface area is 97.0 Å². The zero-order chi connectivity index (χ0) is 12.3. The van der Waals surface area contributed by atoms with Crippen molar-refractivity contribution in [2.45, 2.75) is 0 Å². The number of rotatable bonds is 2. The largest absolute Gasteiger partial charge is 0.464 e. The highest BCUT2D eigenvalue weighted by molar-refractivity contribution is 5.94. The first-order chi connectivity index (χ1) is 8.18. The molecule has 2 aromatic rings. The third kappa shape index (κ3) is 2.39. The monoisotopic (exact) mass is 232 g/mol. The van der Waals surface area contributed by atoms with Gasteiger partial charge in [0.15, 0.2) is 0 Å². The summed E-state index contributed by atoms with van der Waals surface area (Å²) in [7, 11) is 0. The van der Waals surface area contributed by atoms with Gasteiger partial charge in [-0.15, -0.1) is 0 Å². The minimum Gasteiger partial charge on any atom is -0.464 e. The van der Waals surface area contributed by atoms with Gasteiger partial charge in [0.05, 0.1) is 23.8 Å². The van der Waals surface area contributed by atoms with Gasteiger partial charge in [0.1, 0.15) is 5.82 Å². The first kappa shape index (κ1) is 11.1. The summed E-state index contributed by atoms with van der Waals surface area (Å²) in [5.41, 5.74) is 0.608. The molecule has 1 aromatic heterocycles. The van der Waals surface area contributed by atoms with Gasteiger partial charge in [0.25, 0.3) is 0 Å². The van der Waals surface area contributed by atoms with Crippen molar-refractivity contribution in [3.8, 4) is 0 Å². The van der Waals surface area contributed by atoms with Crippen molar-refractivity contribution in [1.29, 1.82) is 0 Å². The maximum atomic E-state index is 13.0. The first-order valence-corrected chi connectivity index (χ1v) is 4.87. The van der Waals surface area contributed by atoms with Crippen LogP contribution in [0.1, 0.15) is 0 Å². The average Bonchev–Trinajstić information content (AvgIpc) is 2.30. The van der Waals surface area contributed by atoms with Gasteiger partial charge >= 0.3 is 6.09 Å². The quantitative estimate of drug-likeness (QED) is 0.865. The molecule has 0 saturated heterocycles. The zero-order valence-corrected chi connectivity index (χ0v) is 8.75. The summed E-state index contributed by atoms with van der Waals surface area (Å²) in [6.45, 7) is 0. The number of hydrogen-bond acceptors (Lipinski definition) is 2. The highest BCUT2D eigenvalue weighted by atomic mass is 19.1. The molecule has 1 N–H and O–H groups in total. The van der Waals surface area contributed by atoms with E-state index in [1.165, 1.54) is 6.20 Å². The molecule has 0 spiro atoms. The molecule has 1 heterocycles. The van der Waals surface area contributed by atoms with Crippen molar-refractivity contribution >= 4 is 17.5 Å². The van der Waals surface area contributed by atoms with Crippen LogP contribution in [0.3, 0.4) is 0 Å². The summed E-state index contributed by atoms with van der Waals surface area (Å²) in [5, 5.41) is 9.15. The number of halogens is 1. The number of hydrogen-bond donors (Lipinski definition) is 1. The molecule has 17 heavy (non-hydrogen) atoms. The summed E-state index contributed by atoms with van der Waals surface area (Å²) >= 11 is 0. The molecule has 0 aliphatic rings. The number of carboxylic acid groups (broad SMARTS) is 1. The topological polar surface area (TPSA) is 53.4 Å². The van der Waals surface area contributed by atoms with Gasteiger partial charge in [0.2, 0.25) is 0 Å². The van der Waals surface area contributed by atoms with Crippen LogP contribution in [-0.2, 0) is 0 Å². The average molecular weight is 232 g/mol. The fourth-order valence-corrected chi connectivity index (χ4v) is 1.47. The van der Waals surface area contributed by atoms with Gasteiger partial charge in [-0.3, -0.25) is 4.98 Å². The molecule has 0 radical (unpaired) electrons. The van der Waals surface area contributed by atoms with Crippen LogP contribution in [0.15, 0.2) is 48.8 Å².